The van der Waals surface area contributed by atoms with Gasteiger partial charge in [0.1, 0.15) is 11.5 Å². The molecule has 4 rings (SSSR count). The first-order chi connectivity index (χ1) is 14.0. The molecule has 1 aliphatic rings. The van der Waals surface area contributed by atoms with E-state index in [1.165, 1.54) is 25.7 Å². The highest BCUT2D eigenvalue weighted by Gasteiger charge is 2.18. The third-order valence-electron chi connectivity index (χ3n) is 5.66. The average molecular weight is 393 g/mol. The second-order valence-corrected chi connectivity index (χ2v) is 8.09. The van der Waals surface area contributed by atoms with E-state index in [0.29, 0.717) is 24.8 Å². The van der Waals surface area contributed by atoms with Crippen LogP contribution in [0.15, 0.2) is 34.7 Å². The van der Waals surface area contributed by atoms with E-state index in [2.05, 4.69) is 21.5 Å². The molecule has 1 saturated carbocycles. The van der Waals surface area contributed by atoms with E-state index in [1.54, 1.807) is 0 Å². The lowest BCUT2D eigenvalue weighted by Gasteiger charge is -2.09. The number of benzene rings is 1. The molecule has 1 fully saturated rings. The lowest BCUT2D eigenvalue weighted by atomic mass is 10.0. The maximum Gasteiger partial charge on any atom is 0.226 e. The molecule has 0 atom stereocenters. The van der Waals surface area contributed by atoms with Crippen molar-refractivity contribution in [3.8, 4) is 11.5 Å². The molecule has 1 amide bonds. The van der Waals surface area contributed by atoms with Crippen molar-refractivity contribution >= 4 is 11.6 Å². The van der Waals surface area contributed by atoms with Gasteiger partial charge in [-0.05, 0) is 69.9 Å². The zero-order valence-corrected chi connectivity index (χ0v) is 17.4. The summed E-state index contributed by atoms with van der Waals surface area (Å²) in [6.07, 6.45) is 5.48. The van der Waals surface area contributed by atoms with Crippen LogP contribution < -0.4 is 5.32 Å². The molecule has 1 N–H and O–H groups in total. The van der Waals surface area contributed by atoms with Gasteiger partial charge in [0.25, 0.3) is 0 Å². The highest BCUT2D eigenvalue weighted by atomic mass is 16.4. The van der Waals surface area contributed by atoms with Gasteiger partial charge in [-0.25, -0.2) is 4.98 Å². The minimum atomic E-state index is 0.101. The predicted molar refractivity (Wildman–Crippen MR) is 113 cm³/mol. The van der Waals surface area contributed by atoms with Gasteiger partial charge in [-0.15, -0.1) is 0 Å². The molecule has 0 aliphatic heterocycles. The smallest absolute Gasteiger partial charge is 0.226 e. The molecule has 6 nitrogen and oxygen atoms in total. The van der Waals surface area contributed by atoms with Crippen LogP contribution in [0.25, 0.3) is 11.5 Å². The molecule has 0 saturated heterocycles. The molecule has 152 valence electrons. The zero-order chi connectivity index (χ0) is 20.4. The maximum absolute atomic E-state index is 12.2. The third kappa shape index (κ3) is 4.58. The molecule has 0 radical (unpaired) electrons. The normalized spacial score (nSPS) is 14.4. The summed E-state index contributed by atoms with van der Waals surface area (Å²) in [7, 11) is 0. The van der Waals surface area contributed by atoms with Crippen molar-refractivity contribution < 1.29 is 9.21 Å². The first-order valence-corrected chi connectivity index (χ1v) is 10.4. The van der Waals surface area contributed by atoms with Crippen LogP contribution in [-0.4, -0.2) is 20.7 Å². The Morgan fingerprint density at radius 1 is 1.17 bits per heavy atom. The van der Waals surface area contributed by atoms with Crippen LogP contribution in [0.5, 0.6) is 0 Å². The predicted octanol–water partition coefficient (Wildman–Crippen LogP) is 5.03. The first kappa shape index (κ1) is 19.4. The summed E-state index contributed by atoms with van der Waals surface area (Å²) in [4.78, 5) is 16.9. The molecule has 2 aromatic heterocycles. The Labute approximate surface area is 171 Å². The Bertz CT molecular complexity index is 995. The van der Waals surface area contributed by atoms with Gasteiger partial charge in [0, 0.05) is 23.4 Å². The van der Waals surface area contributed by atoms with Crippen molar-refractivity contribution in [1.82, 2.24) is 14.8 Å². The minimum absolute atomic E-state index is 0.101. The Morgan fingerprint density at radius 2 is 1.90 bits per heavy atom. The molecule has 0 spiro atoms. The molecule has 6 heteroatoms. The molecule has 0 bridgehead atoms. The fourth-order valence-electron chi connectivity index (χ4n) is 4.06. The van der Waals surface area contributed by atoms with Crippen LogP contribution >= 0.6 is 0 Å². The SMILES string of the molecule is Cc1cc(C)n(Cc2nc(-c3ccc(NC(=O)CC4CCCC4)cc3)oc2C)n1. The summed E-state index contributed by atoms with van der Waals surface area (Å²) >= 11 is 0. The number of aryl methyl sites for hydroxylation is 3. The second-order valence-electron chi connectivity index (χ2n) is 8.09. The summed E-state index contributed by atoms with van der Waals surface area (Å²) in [6.45, 7) is 6.54. The van der Waals surface area contributed by atoms with Gasteiger partial charge in [-0.3, -0.25) is 9.48 Å². The number of carbonyl (C=O) groups excluding carboxylic acids is 1. The van der Waals surface area contributed by atoms with E-state index in [-0.39, 0.29) is 5.91 Å². The van der Waals surface area contributed by atoms with E-state index in [0.717, 1.165) is 34.1 Å². The Morgan fingerprint density at radius 3 is 2.55 bits per heavy atom. The standard InChI is InChI=1S/C23H28N4O2/c1-15-12-16(2)27(26-15)14-21-17(3)29-23(25-21)19-8-10-20(11-9-19)24-22(28)13-18-6-4-5-7-18/h8-12,18H,4-7,13-14H2,1-3H3,(H,24,28). The molecule has 29 heavy (non-hydrogen) atoms. The molecule has 1 aliphatic carbocycles. The van der Waals surface area contributed by atoms with Crippen molar-refractivity contribution in [3.63, 3.8) is 0 Å². The van der Waals surface area contributed by atoms with Gasteiger partial charge in [-0.1, -0.05) is 12.8 Å². The molecular weight excluding hydrogens is 364 g/mol. The summed E-state index contributed by atoms with van der Waals surface area (Å²) in [5, 5.41) is 7.50. The number of nitrogens with one attached hydrogen (secondary N) is 1. The highest BCUT2D eigenvalue weighted by molar-refractivity contribution is 5.91. The van der Waals surface area contributed by atoms with E-state index < -0.39 is 0 Å². The first-order valence-electron chi connectivity index (χ1n) is 10.4. The Hall–Kier alpha value is -2.89. The Kier molecular flexibility index (Phi) is 5.51. The topological polar surface area (TPSA) is 73.0 Å². The summed E-state index contributed by atoms with van der Waals surface area (Å²) in [6, 6.07) is 9.73. The van der Waals surface area contributed by atoms with E-state index in [9.17, 15) is 4.79 Å². The molecule has 1 aromatic carbocycles. The van der Waals surface area contributed by atoms with Crippen molar-refractivity contribution in [2.24, 2.45) is 5.92 Å². The number of rotatable bonds is 6. The summed E-state index contributed by atoms with van der Waals surface area (Å²) in [5.74, 6) is 2.03. The van der Waals surface area contributed by atoms with Crippen LogP contribution in [0, 0.1) is 26.7 Å². The largest absolute Gasteiger partial charge is 0.441 e. The zero-order valence-electron chi connectivity index (χ0n) is 17.4. The monoisotopic (exact) mass is 392 g/mol. The fourth-order valence-corrected chi connectivity index (χ4v) is 4.06. The van der Waals surface area contributed by atoms with Crippen molar-refractivity contribution in [2.45, 2.75) is 59.4 Å². The van der Waals surface area contributed by atoms with E-state index in [4.69, 9.17) is 4.42 Å². The van der Waals surface area contributed by atoms with E-state index >= 15 is 0 Å². The number of oxazole rings is 1. The molecule has 2 heterocycles. The average Bonchev–Trinajstić information content (AvgIpc) is 3.38. The third-order valence-corrected chi connectivity index (χ3v) is 5.66. The van der Waals surface area contributed by atoms with E-state index in [1.807, 2.05) is 49.7 Å². The molecule has 0 unspecified atom stereocenters. The lowest BCUT2D eigenvalue weighted by molar-refractivity contribution is -0.117. The number of hydrogen-bond acceptors (Lipinski definition) is 4. The quantitative estimate of drug-likeness (QED) is 0.638. The van der Waals surface area contributed by atoms with Gasteiger partial charge >= 0.3 is 0 Å². The van der Waals surface area contributed by atoms with Crippen LogP contribution in [-0.2, 0) is 11.3 Å². The van der Waals surface area contributed by atoms with Crippen molar-refractivity contribution in [3.05, 3.63) is 53.2 Å². The van der Waals surface area contributed by atoms with Gasteiger partial charge in [-0.2, -0.15) is 5.10 Å². The Balaban J connectivity index is 1.42. The van der Waals surface area contributed by atoms with Crippen LogP contribution in [0.2, 0.25) is 0 Å². The number of amides is 1. The van der Waals surface area contributed by atoms with Gasteiger partial charge in [0.05, 0.1) is 12.2 Å². The maximum atomic E-state index is 12.2. The van der Waals surface area contributed by atoms with Gasteiger partial charge in [0.2, 0.25) is 11.8 Å². The van der Waals surface area contributed by atoms with Crippen molar-refractivity contribution in [1.29, 1.82) is 0 Å². The minimum Gasteiger partial charge on any atom is -0.441 e. The van der Waals surface area contributed by atoms with Gasteiger partial charge < -0.3 is 9.73 Å². The summed E-state index contributed by atoms with van der Waals surface area (Å²) < 4.78 is 7.83. The number of anilines is 1. The van der Waals surface area contributed by atoms with Crippen LogP contribution in [0.1, 0.15) is 54.9 Å². The number of nitrogens with zero attached hydrogens (tertiary/aromatic N) is 3. The highest BCUT2D eigenvalue weighted by Crippen LogP contribution is 2.28. The van der Waals surface area contributed by atoms with Crippen LogP contribution in [0.4, 0.5) is 5.69 Å². The number of carbonyl (C=O) groups is 1. The fraction of sp³-hybridized carbons (Fsp3) is 0.435. The molecular formula is C23H28N4O2. The van der Waals surface area contributed by atoms with Gasteiger partial charge in [0.15, 0.2) is 0 Å². The second kappa shape index (κ2) is 8.23. The molecule has 3 aromatic rings. The number of hydrogen-bond donors (Lipinski definition) is 1. The van der Waals surface area contributed by atoms with Crippen molar-refractivity contribution in [2.75, 3.05) is 5.32 Å². The number of aromatic nitrogens is 3. The summed E-state index contributed by atoms with van der Waals surface area (Å²) in [5.41, 5.74) is 4.67. The lowest BCUT2D eigenvalue weighted by Crippen LogP contribution is -2.14. The van der Waals surface area contributed by atoms with Crippen LogP contribution in [0.3, 0.4) is 0 Å².